The molecule has 1 fully saturated rings. The molecule has 116 valence electrons. The highest BCUT2D eigenvalue weighted by Crippen LogP contribution is 2.17. The van der Waals surface area contributed by atoms with Gasteiger partial charge in [0.15, 0.2) is 0 Å². The van der Waals surface area contributed by atoms with Gasteiger partial charge in [-0.05, 0) is 31.4 Å². The van der Waals surface area contributed by atoms with Gasteiger partial charge in [0.25, 0.3) is 0 Å². The van der Waals surface area contributed by atoms with Crippen molar-refractivity contribution in [3.05, 3.63) is 29.8 Å². The number of benzene rings is 1. The van der Waals surface area contributed by atoms with Gasteiger partial charge >= 0.3 is 5.97 Å². The van der Waals surface area contributed by atoms with E-state index < -0.39 is 5.97 Å². The van der Waals surface area contributed by atoms with Gasteiger partial charge in [-0.1, -0.05) is 18.2 Å². The van der Waals surface area contributed by atoms with Crippen LogP contribution in [0.15, 0.2) is 24.3 Å². The molecule has 0 amide bonds. The van der Waals surface area contributed by atoms with E-state index in [0.717, 1.165) is 43.8 Å². The second kappa shape index (κ2) is 8.00. The number of carbonyl (C=O) groups is 1. The van der Waals surface area contributed by atoms with Gasteiger partial charge in [0.1, 0.15) is 19.0 Å². The predicted octanol–water partition coefficient (Wildman–Crippen LogP) is 1.94. The van der Waals surface area contributed by atoms with Crippen molar-refractivity contribution in [1.29, 1.82) is 0 Å². The third-order valence-corrected chi connectivity index (χ3v) is 3.74. The van der Waals surface area contributed by atoms with Crippen molar-refractivity contribution in [1.82, 2.24) is 4.90 Å². The number of rotatable bonds is 7. The molecule has 1 aliphatic rings. The fraction of sp³-hybridized carbons (Fsp3) is 0.562. The minimum atomic E-state index is -0.899. The lowest BCUT2D eigenvalue weighted by atomic mass is 10.1. The SMILES string of the molecule is Cc1ccccc1OCCN1CCC(OCC(=O)O)CC1. The van der Waals surface area contributed by atoms with Crippen LogP contribution in [0.25, 0.3) is 0 Å². The van der Waals surface area contributed by atoms with E-state index in [1.165, 1.54) is 0 Å². The number of piperidine rings is 1. The average Bonchev–Trinajstić information content (AvgIpc) is 2.48. The van der Waals surface area contributed by atoms with Gasteiger partial charge in [-0.3, -0.25) is 4.90 Å². The smallest absolute Gasteiger partial charge is 0.329 e. The highest BCUT2D eigenvalue weighted by Gasteiger charge is 2.20. The number of hydrogen-bond acceptors (Lipinski definition) is 4. The Morgan fingerprint density at radius 2 is 2.05 bits per heavy atom. The van der Waals surface area contributed by atoms with E-state index in [0.29, 0.717) is 6.61 Å². The van der Waals surface area contributed by atoms with E-state index in [1.807, 2.05) is 31.2 Å². The highest BCUT2D eigenvalue weighted by atomic mass is 16.5. The number of para-hydroxylation sites is 1. The van der Waals surface area contributed by atoms with Crippen molar-refractivity contribution in [2.24, 2.45) is 0 Å². The highest BCUT2D eigenvalue weighted by molar-refractivity contribution is 5.68. The molecule has 1 aromatic rings. The minimum absolute atomic E-state index is 0.0784. The van der Waals surface area contributed by atoms with Crippen molar-refractivity contribution in [3.63, 3.8) is 0 Å². The summed E-state index contributed by atoms with van der Waals surface area (Å²) in [5, 5.41) is 8.59. The fourth-order valence-electron chi connectivity index (χ4n) is 2.49. The van der Waals surface area contributed by atoms with Crippen LogP contribution in [-0.4, -0.2) is 54.9 Å². The summed E-state index contributed by atoms with van der Waals surface area (Å²) >= 11 is 0. The maximum atomic E-state index is 10.5. The lowest BCUT2D eigenvalue weighted by molar-refractivity contribution is -0.145. The van der Waals surface area contributed by atoms with E-state index in [2.05, 4.69) is 4.90 Å². The lowest BCUT2D eigenvalue weighted by Gasteiger charge is -2.31. The average molecular weight is 293 g/mol. The van der Waals surface area contributed by atoms with Gasteiger partial charge in [-0.25, -0.2) is 4.79 Å². The Morgan fingerprint density at radius 1 is 1.33 bits per heavy atom. The van der Waals surface area contributed by atoms with Crippen LogP contribution < -0.4 is 4.74 Å². The molecule has 5 nitrogen and oxygen atoms in total. The maximum absolute atomic E-state index is 10.5. The van der Waals surface area contributed by atoms with Gasteiger partial charge in [0, 0.05) is 19.6 Å². The van der Waals surface area contributed by atoms with Crippen LogP contribution in [0, 0.1) is 6.92 Å². The third kappa shape index (κ3) is 5.36. The zero-order valence-electron chi connectivity index (χ0n) is 12.5. The van der Waals surface area contributed by atoms with E-state index in [-0.39, 0.29) is 12.7 Å². The van der Waals surface area contributed by atoms with Crippen molar-refractivity contribution >= 4 is 5.97 Å². The largest absolute Gasteiger partial charge is 0.492 e. The van der Waals surface area contributed by atoms with Gasteiger partial charge in [-0.15, -0.1) is 0 Å². The quantitative estimate of drug-likeness (QED) is 0.832. The van der Waals surface area contributed by atoms with Crippen molar-refractivity contribution in [2.45, 2.75) is 25.9 Å². The van der Waals surface area contributed by atoms with E-state index >= 15 is 0 Å². The monoisotopic (exact) mass is 293 g/mol. The van der Waals surface area contributed by atoms with E-state index in [1.54, 1.807) is 0 Å². The fourth-order valence-corrected chi connectivity index (χ4v) is 2.49. The molecule has 21 heavy (non-hydrogen) atoms. The summed E-state index contributed by atoms with van der Waals surface area (Å²) in [6.07, 6.45) is 1.85. The maximum Gasteiger partial charge on any atom is 0.329 e. The molecule has 0 spiro atoms. The number of aryl methyl sites for hydroxylation is 1. The molecule has 0 bridgehead atoms. The first-order valence-corrected chi connectivity index (χ1v) is 7.39. The van der Waals surface area contributed by atoms with Crippen LogP contribution in [0.3, 0.4) is 0 Å². The molecule has 0 aromatic heterocycles. The molecule has 0 unspecified atom stereocenters. The predicted molar refractivity (Wildman–Crippen MR) is 79.7 cm³/mol. The molecule has 0 atom stereocenters. The standard InChI is InChI=1S/C16H23NO4/c1-13-4-2-3-5-15(13)20-11-10-17-8-6-14(7-9-17)21-12-16(18)19/h2-5,14H,6-12H2,1H3,(H,18,19). The molecule has 1 heterocycles. The number of carboxylic acid groups (broad SMARTS) is 1. The Labute approximate surface area is 125 Å². The Morgan fingerprint density at radius 3 is 2.71 bits per heavy atom. The van der Waals surface area contributed by atoms with Gasteiger partial charge in [0.05, 0.1) is 6.10 Å². The zero-order valence-corrected chi connectivity index (χ0v) is 12.5. The number of likely N-dealkylation sites (tertiary alicyclic amines) is 1. The number of hydrogen-bond donors (Lipinski definition) is 1. The molecule has 0 saturated carbocycles. The first-order chi connectivity index (χ1) is 10.1. The number of aliphatic carboxylic acids is 1. The Balaban J connectivity index is 1.63. The van der Waals surface area contributed by atoms with Gasteiger partial charge in [0.2, 0.25) is 0 Å². The molecule has 2 rings (SSSR count). The third-order valence-electron chi connectivity index (χ3n) is 3.74. The Kier molecular flexibility index (Phi) is 6.02. The molecule has 0 radical (unpaired) electrons. The molecule has 1 N–H and O–H groups in total. The summed E-state index contributed by atoms with van der Waals surface area (Å²) in [5.41, 5.74) is 1.15. The molecule has 1 aliphatic heterocycles. The number of ether oxygens (including phenoxy) is 2. The van der Waals surface area contributed by atoms with Crippen LogP contribution in [-0.2, 0) is 9.53 Å². The van der Waals surface area contributed by atoms with Crippen LogP contribution in [0.2, 0.25) is 0 Å². The Bertz CT molecular complexity index is 455. The summed E-state index contributed by atoms with van der Waals surface area (Å²) < 4.78 is 11.1. The van der Waals surface area contributed by atoms with Crippen molar-refractivity contribution < 1.29 is 19.4 Å². The van der Waals surface area contributed by atoms with Gasteiger partial charge in [-0.2, -0.15) is 0 Å². The first-order valence-electron chi connectivity index (χ1n) is 7.39. The summed E-state index contributed by atoms with van der Waals surface area (Å²) in [6.45, 7) is 5.27. The molecule has 1 saturated heterocycles. The molecule has 0 aliphatic carbocycles. The van der Waals surface area contributed by atoms with Crippen LogP contribution in [0.5, 0.6) is 5.75 Å². The summed E-state index contributed by atoms with van der Waals surface area (Å²) in [7, 11) is 0. The lowest BCUT2D eigenvalue weighted by Crippen LogP contribution is -2.39. The van der Waals surface area contributed by atoms with E-state index in [9.17, 15) is 4.79 Å². The number of carboxylic acids is 1. The van der Waals surface area contributed by atoms with Crippen molar-refractivity contribution in [2.75, 3.05) is 32.8 Å². The topological polar surface area (TPSA) is 59.0 Å². The van der Waals surface area contributed by atoms with Crippen LogP contribution in [0.4, 0.5) is 0 Å². The Hall–Kier alpha value is -1.59. The van der Waals surface area contributed by atoms with E-state index in [4.69, 9.17) is 14.6 Å². The molecular formula is C16H23NO4. The summed E-state index contributed by atoms with van der Waals surface area (Å²) in [6, 6.07) is 8.01. The van der Waals surface area contributed by atoms with Gasteiger partial charge < -0.3 is 14.6 Å². The summed E-state index contributed by atoms with van der Waals surface area (Å²) in [5.74, 6) is 0.0428. The van der Waals surface area contributed by atoms with Crippen LogP contribution in [0.1, 0.15) is 18.4 Å². The summed E-state index contributed by atoms with van der Waals surface area (Å²) in [4.78, 5) is 12.8. The molecule has 5 heteroatoms. The molecular weight excluding hydrogens is 270 g/mol. The molecule has 1 aromatic carbocycles. The van der Waals surface area contributed by atoms with Crippen molar-refractivity contribution in [3.8, 4) is 5.75 Å². The second-order valence-corrected chi connectivity index (χ2v) is 5.36. The second-order valence-electron chi connectivity index (χ2n) is 5.36. The number of nitrogens with zero attached hydrogens (tertiary/aromatic N) is 1. The normalized spacial score (nSPS) is 16.8. The minimum Gasteiger partial charge on any atom is -0.492 e. The zero-order chi connectivity index (χ0) is 15.1. The first kappa shape index (κ1) is 15.8. The van der Waals surface area contributed by atoms with Crippen LogP contribution >= 0.6 is 0 Å².